The second-order valence-electron chi connectivity index (χ2n) is 6.51. The molecule has 0 unspecified atom stereocenters. The number of carboxylic acid groups (broad SMARTS) is 1. The van der Waals surface area contributed by atoms with Crippen molar-refractivity contribution >= 4 is 18.0 Å². The molecule has 138 valence electrons. The van der Waals surface area contributed by atoms with E-state index in [1.165, 1.54) is 18.6 Å². The van der Waals surface area contributed by atoms with Crippen molar-refractivity contribution in [3.05, 3.63) is 53.3 Å². The first-order chi connectivity index (χ1) is 13.1. The Morgan fingerprint density at radius 2 is 1.89 bits per heavy atom. The van der Waals surface area contributed by atoms with E-state index in [0.717, 1.165) is 25.7 Å². The summed E-state index contributed by atoms with van der Waals surface area (Å²) in [5.41, 5.74) is 0.343. The summed E-state index contributed by atoms with van der Waals surface area (Å²) in [6.07, 6.45) is 6.55. The van der Waals surface area contributed by atoms with Crippen LogP contribution in [0.5, 0.6) is 0 Å². The third-order valence-electron chi connectivity index (χ3n) is 4.63. The molecule has 1 fully saturated rings. The van der Waals surface area contributed by atoms with Crippen molar-refractivity contribution in [2.24, 2.45) is 0 Å². The van der Waals surface area contributed by atoms with E-state index in [2.05, 4.69) is 5.32 Å². The standard InChI is InChI=1S/C21H20N2O4/c22-13-14(20(24)23-15-6-2-1-3-7-15)12-16-10-11-19(27-16)17-8-4-5-9-18(17)21(25)26/h4-5,8-12,15H,1-3,6-7H2,(H,23,24)(H,25,26)/p-1/b14-12+. The van der Waals surface area contributed by atoms with Crippen LogP contribution >= 0.6 is 0 Å². The van der Waals surface area contributed by atoms with Gasteiger partial charge in [0.2, 0.25) is 0 Å². The molecule has 6 heteroatoms. The van der Waals surface area contributed by atoms with E-state index in [-0.39, 0.29) is 17.2 Å². The number of carbonyl (C=O) groups excluding carboxylic acids is 2. The smallest absolute Gasteiger partial charge is 0.262 e. The Hall–Kier alpha value is -3.33. The largest absolute Gasteiger partial charge is 0.545 e. The highest BCUT2D eigenvalue weighted by Gasteiger charge is 2.18. The van der Waals surface area contributed by atoms with Crippen LogP contribution in [0.25, 0.3) is 17.4 Å². The molecule has 0 spiro atoms. The minimum absolute atomic E-state index is 0.0120. The van der Waals surface area contributed by atoms with Gasteiger partial charge < -0.3 is 19.6 Å². The molecule has 1 saturated carbocycles. The molecule has 0 atom stereocenters. The SMILES string of the molecule is N#C/C(=C\c1ccc(-c2ccccc2C(=O)[O-])o1)C(=O)NC1CCCCC1. The van der Waals surface area contributed by atoms with Crippen molar-refractivity contribution in [2.75, 3.05) is 0 Å². The molecule has 1 aromatic carbocycles. The molecule has 0 radical (unpaired) electrons. The van der Waals surface area contributed by atoms with E-state index in [0.29, 0.717) is 17.1 Å². The predicted octanol–water partition coefficient (Wildman–Crippen LogP) is 2.67. The van der Waals surface area contributed by atoms with Gasteiger partial charge in [0.15, 0.2) is 0 Å². The van der Waals surface area contributed by atoms with Crippen LogP contribution in [0.2, 0.25) is 0 Å². The van der Waals surface area contributed by atoms with Crippen LogP contribution in [-0.4, -0.2) is 17.9 Å². The number of rotatable bonds is 5. The normalized spacial score (nSPS) is 15.1. The Balaban J connectivity index is 1.79. The minimum Gasteiger partial charge on any atom is -0.545 e. The highest BCUT2D eigenvalue weighted by atomic mass is 16.4. The molecule has 1 heterocycles. The second kappa shape index (κ2) is 8.37. The Bertz CT molecular complexity index is 914. The first-order valence-corrected chi connectivity index (χ1v) is 8.91. The summed E-state index contributed by atoms with van der Waals surface area (Å²) in [5, 5.41) is 23.5. The van der Waals surface area contributed by atoms with Gasteiger partial charge in [0, 0.05) is 23.2 Å². The third kappa shape index (κ3) is 4.45. The summed E-state index contributed by atoms with van der Waals surface area (Å²) < 4.78 is 5.63. The van der Waals surface area contributed by atoms with Gasteiger partial charge in [0.05, 0.1) is 5.97 Å². The van der Waals surface area contributed by atoms with Gasteiger partial charge in [0.1, 0.15) is 23.2 Å². The van der Waals surface area contributed by atoms with Crippen molar-refractivity contribution in [3.63, 3.8) is 0 Å². The Kier molecular flexibility index (Phi) is 5.72. The van der Waals surface area contributed by atoms with Crippen LogP contribution in [0, 0.1) is 11.3 Å². The monoisotopic (exact) mass is 363 g/mol. The fourth-order valence-corrected chi connectivity index (χ4v) is 3.25. The summed E-state index contributed by atoms with van der Waals surface area (Å²) in [7, 11) is 0. The number of hydrogen-bond acceptors (Lipinski definition) is 5. The topological polar surface area (TPSA) is 106 Å². The maximum Gasteiger partial charge on any atom is 0.262 e. The van der Waals surface area contributed by atoms with Gasteiger partial charge in [-0.2, -0.15) is 5.26 Å². The van der Waals surface area contributed by atoms with E-state index in [4.69, 9.17) is 4.42 Å². The molecule has 2 aromatic rings. The molecule has 1 aliphatic carbocycles. The summed E-state index contributed by atoms with van der Waals surface area (Å²) in [6, 6.07) is 11.5. The fraction of sp³-hybridized carbons (Fsp3) is 0.286. The summed E-state index contributed by atoms with van der Waals surface area (Å²) >= 11 is 0. The number of nitrogens with zero attached hydrogens (tertiary/aromatic N) is 1. The lowest BCUT2D eigenvalue weighted by Gasteiger charge is -2.22. The van der Waals surface area contributed by atoms with Gasteiger partial charge in [0.25, 0.3) is 5.91 Å². The van der Waals surface area contributed by atoms with Crippen molar-refractivity contribution in [1.29, 1.82) is 5.26 Å². The Morgan fingerprint density at radius 1 is 1.15 bits per heavy atom. The van der Waals surface area contributed by atoms with Crippen LogP contribution in [-0.2, 0) is 4.79 Å². The molecule has 0 aliphatic heterocycles. The number of aromatic carboxylic acids is 1. The lowest BCUT2D eigenvalue weighted by molar-refractivity contribution is -0.254. The molecule has 0 bridgehead atoms. The van der Waals surface area contributed by atoms with Gasteiger partial charge in [-0.25, -0.2) is 0 Å². The summed E-state index contributed by atoms with van der Waals surface area (Å²) in [4.78, 5) is 23.6. The number of nitriles is 1. The minimum atomic E-state index is -1.30. The third-order valence-corrected chi connectivity index (χ3v) is 4.63. The molecule has 1 N–H and O–H groups in total. The average molecular weight is 363 g/mol. The zero-order valence-corrected chi connectivity index (χ0v) is 14.7. The van der Waals surface area contributed by atoms with Gasteiger partial charge in [-0.1, -0.05) is 43.5 Å². The second-order valence-corrected chi connectivity index (χ2v) is 6.51. The first kappa shape index (κ1) is 18.5. The number of amides is 1. The number of nitrogens with one attached hydrogen (secondary N) is 1. The predicted molar refractivity (Wildman–Crippen MR) is 97.1 cm³/mol. The van der Waals surface area contributed by atoms with Crippen LogP contribution in [0.3, 0.4) is 0 Å². The molecular formula is C21H19N2O4-. The molecule has 3 rings (SSSR count). The van der Waals surface area contributed by atoms with Gasteiger partial charge in [-0.15, -0.1) is 0 Å². The molecule has 1 aliphatic rings. The number of benzene rings is 1. The Labute approximate surface area is 157 Å². The van der Waals surface area contributed by atoms with Gasteiger partial charge in [-0.05, 0) is 25.0 Å². The zero-order chi connectivity index (χ0) is 19.2. The lowest BCUT2D eigenvalue weighted by Crippen LogP contribution is -2.36. The first-order valence-electron chi connectivity index (χ1n) is 8.91. The van der Waals surface area contributed by atoms with E-state index in [1.54, 1.807) is 30.3 Å². The van der Waals surface area contributed by atoms with Crippen LogP contribution in [0.4, 0.5) is 0 Å². The maximum absolute atomic E-state index is 12.3. The van der Waals surface area contributed by atoms with E-state index in [9.17, 15) is 20.0 Å². The van der Waals surface area contributed by atoms with Crippen molar-refractivity contribution in [1.82, 2.24) is 5.32 Å². The zero-order valence-electron chi connectivity index (χ0n) is 14.7. The maximum atomic E-state index is 12.3. The Morgan fingerprint density at radius 3 is 2.59 bits per heavy atom. The quantitative estimate of drug-likeness (QED) is 0.649. The van der Waals surface area contributed by atoms with Crippen LogP contribution < -0.4 is 10.4 Å². The van der Waals surface area contributed by atoms with Crippen LogP contribution in [0.1, 0.15) is 48.2 Å². The van der Waals surface area contributed by atoms with Crippen LogP contribution in [0.15, 0.2) is 46.4 Å². The summed E-state index contributed by atoms with van der Waals surface area (Å²) in [6.45, 7) is 0. The van der Waals surface area contributed by atoms with Crippen molar-refractivity contribution in [3.8, 4) is 17.4 Å². The highest BCUT2D eigenvalue weighted by Crippen LogP contribution is 2.26. The number of carboxylic acids is 1. The molecular weight excluding hydrogens is 344 g/mol. The molecule has 1 aromatic heterocycles. The number of carbonyl (C=O) groups is 2. The molecule has 27 heavy (non-hydrogen) atoms. The van der Waals surface area contributed by atoms with Crippen molar-refractivity contribution < 1.29 is 19.1 Å². The van der Waals surface area contributed by atoms with Gasteiger partial charge >= 0.3 is 0 Å². The molecule has 1 amide bonds. The number of furan rings is 1. The molecule has 6 nitrogen and oxygen atoms in total. The fourth-order valence-electron chi connectivity index (χ4n) is 3.25. The molecule has 0 saturated heterocycles. The highest BCUT2D eigenvalue weighted by molar-refractivity contribution is 6.01. The van der Waals surface area contributed by atoms with E-state index >= 15 is 0 Å². The van der Waals surface area contributed by atoms with E-state index < -0.39 is 11.9 Å². The summed E-state index contributed by atoms with van der Waals surface area (Å²) in [5.74, 6) is -1.10. The lowest BCUT2D eigenvalue weighted by atomic mass is 9.95. The van der Waals surface area contributed by atoms with E-state index in [1.807, 2.05) is 6.07 Å². The van der Waals surface area contributed by atoms with Gasteiger partial charge in [-0.3, -0.25) is 4.79 Å². The average Bonchev–Trinajstić information content (AvgIpc) is 3.15. The van der Waals surface area contributed by atoms with Crippen molar-refractivity contribution in [2.45, 2.75) is 38.1 Å². The number of hydrogen-bond donors (Lipinski definition) is 1.